The van der Waals surface area contributed by atoms with E-state index in [0.29, 0.717) is 5.91 Å². The number of amides is 1. The smallest absolute Gasteiger partial charge is 0.223 e. The van der Waals surface area contributed by atoms with Gasteiger partial charge in [0.2, 0.25) is 5.91 Å². The lowest BCUT2D eigenvalue weighted by Crippen LogP contribution is -2.52. The fourth-order valence-corrected chi connectivity index (χ4v) is 4.84. The molecule has 1 spiro atoms. The van der Waals surface area contributed by atoms with Crippen molar-refractivity contribution in [2.45, 2.75) is 44.3 Å². The van der Waals surface area contributed by atoms with Crippen molar-refractivity contribution in [1.29, 1.82) is 0 Å². The standard InChI is InChI=1S/C20H24N2OS/c23-19-6-8-20(22(19)15-17-4-2-1-3-5-17)9-11-21(12-10-20)14-18-7-13-24-16-18/h1-5,7,13,16H,6,8-12,14-15H2. The van der Waals surface area contributed by atoms with Crippen LogP contribution in [0.3, 0.4) is 0 Å². The second-order valence-electron chi connectivity index (χ2n) is 7.10. The van der Waals surface area contributed by atoms with Crippen molar-refractivity contribution in [1.82, 2.24) is 9.80 Å². The predicted molar refractivity (Wildman–Crippen MR) is 97.8 cm³/mol. The Morgan fingerprint density at radius 2 is 1.75 bits per heavy atom. The molecule has 1 amide bonds. The quantitative estimate of drug-likeness (QED) is 0.842. The van der Waals surface area contributed by atoms with Crippen molar-refractivity contribution in [2.24, 2.45) is 0 Å². The average molecular weight is 340 g/mol. The summed E-state index contributed by atoms with van der Waals surface area (Å²) in [5.41, 5.74) is 2.75. The Kier molecular flexibility index (Phi) is 4.42. The highest BCUT2D eigenvalue weighted by Crippen LogP contribution is 2.40. The zero-order valence-corrected chi connectivity index (χ0v) is 14.8. The third-order valence-corrected chi connectivity index (χ3v) is 6.37. The van der Waals surface area contributed by atoms with Crippen LogP contribution < -0.4 is 0 Å². The van der Waals surface area contributed by atoms with E-state index in [-0.39, 0.29) is 5.54 Å². The number of rotatable bonds is 4. The summed E-state index contributed by atoms with van der Waals surface area (Å²) in [6, 6.07) is 12.6. The number of carbonyl (C=O) groups is 1. The highest BCUT2D eigenvalue weighted by atomic mass is 32.1. The maximum Gasteiger partial charge on any atom is 0.223 e. The zero-order chi connectivity index (χ0) is 16.4. The lowest BCUT2D eigenvalue weighted by molar-refractivity contribution is -0.133. The van der Waals surface area contributed by atoms with Crippen LogP contribution in [0.1, 0.15) is 36.8 Å². The first-order valence-corrected chi connectivity index (χ1v) is 9.77. The molecule has 2 saturated heterocycles. The second-order valence-corrected chi connectivity index (χ2v) is 7.88. The number of hydrogen-bond donors (Lipinski definition) is 0. The Morgan fingerprint density at radius 3 is 2.46 bits per heavy atom. The van der Waals surface area contributed by atoms with E-state index in [1.54, 1.807) is 11.3 Å². The Morgan fingerprint density at radius 1 is 0.958 bits per heavy atom. The number of carbonyl (C=O) groups excluding carboxylic acids is 1. The van der Waals surface area contributed by atoms with E-state index in [4.69, 9.17) is 0 Å². The lowest BCUT2D eigenvalue weighted by Gasteiger charge is -2.45. The van der Waals surface area contributed by atoms with Crippen LogP contribution in [0.2, 0.25) is 0 Å². The number of piperidine rings is 1. The summed E-state index contributed by atoms with van der Waals surface area (Å²) in [6.07, 6.45) is 3.97. The van der Waals surface area contributed by atoms with Crippen molar-refractivity contribution in [3.8, 4) is 0 Å². The molecule has 3 heterocycles. The van der Waals surface area contributed by atoms with Gasteiger partial charge in [-0.2, -0.15) is 11.3 Å². The van der Waals surface area contributed by atoms with E-state index < -0.39 is 0 Å². The number of benzene rings is 1. The molecule has 4 heteroatoms. The van der Waals surface area contributed by atoms with Gasteiger partial charge in [-0.1, -0.05) is 30.3 Å². The van der Waals surface area contributed by atoms with Crippen LogP contribution in [0.25, 0.3) is 0 Å². The summed E-state index contributed by atoms with van der Waals surface area (Å²) in [5.74, 6) is 0.338. The van der Waals surface area contributed by atoms with Crippen LogP contribution in [0.5, 0.6) is 0 Å². The molecule has 0 bridgehead atoms. The van der Waals surface area contributed by atoms with Gasteiger partial charge in [-0.3, -0.25) is 9.69 Å². The largest absolute Gasteiger partial charge is 0.333 e. The Bertz CT molecular complexity index is 675. The van der Waals surface area contributed by atoms with E-state index in [9.17, 15) is 4.79 Å². The molecular formula is C20H24N2OS. The number of likely N-dealkylation sites (tertiary alicyclic amines) is 2. The molecule has 0 N–H and O–H groups in total. The van der Waals surface area contributed by atoms with Crippen molar-refractivity contribution < 1.29 is 4.79 Å². The normalized spacial score (nSPS) is 20.8. The summed E-state index contributed by atoms with van der Waals surface area (Å²) >= 11 is 1.77. The third kappa shape index (κ3) is 3.13. The minimum Gasteiger partial charge on any atom is -0.333 e. The first-order chi connectivity index (χ1) is 11.8. The molecule has 0 saturated carbocycles. The van der Waals surface area contributed by atoms with Crippen LogP contribution in [0, 0.1) is 0 Å². The Hall–Kier alpha value is -1.65. The first-order valence-electron chi connectivity index (χ1n) is 8.83. The molecule has 0 aliphatic carbocycles. The predicted octanol–water partition coefficient (Wildman–Crippen LogP) is 3.91. The van der Waals surface area contributed by atoms with Gasteiger partial charge in [-0.25, -0.2) is 0 Å². The third-order valence-electron chi connectivity index (χ3n) is 5.63. The van der Waals surface area contributed by atoms with Gasteiger partial charge >= 0.3 is 0 Å². The molecule has 2 aliphatic rings. The number of thiophene rings is 1. The van der Waals surface area contributed by atoms with E-state index >= 15 is 0 Å². The van der Waals surface area contributed by atoms with Crippen molar-refractivity contribution in [3.05, 3.63) is 58.3 Å². The Labute approximate surface area is 147 Å². The highest BCUT2D eigenvalue weighted by molar-refractivity contribution is 7.07. The van der Waals surface area contributed by atoms with Crippen LogP contribution >= 0.6 is 11.3 Å². The van der Waals surface area contributed by atoms with E-state index in [0.717, 1.165) is 51.9 Å². The second kappa shape index (κ2) is 6.69. The summed E-state index contributed by atoms with van der Waals surface area (Å²) in [5, 5.41) is 4.39. The van der Waals surface area contributed by atoms with Crippen LogP contribution in [0.4, 0.5) is 0 Å². The minimum absolute atomic E-state index is 0.0953. The molecule has 2 aliphatic heterocycles. The van der Waals surface area contributed by atoms with Crippen LogP contribution in [0.15, 0.2) is 47.2 Å². The minimum atomic E-state index is 0.0953. The first kappa shape index (κ1) is 15.9. The Balaban J connectivity index is 1.43. The summed E-state index contributed by atoms with van der Waals surface area (Å²) in [6.45, 7) is 4.00. The van der Waals surface area contributed by atoms with Gasteiger partial charge in [0.15, 0.2) is 0 Å². The SMILES string of the molecule is O=C1CCC2(CCN(Cc3ccsc3)CC2)N1Cc1ccccc1. The van der Waals surface area contributed by atoms with Gasteiger partial charge in [0, 0.05) is 38.1 Å². The van der Waals surface area contributed by atoms with Crippen LogP contribution in [-0.2, 0) is 17.9 Å². The fraction of sp³-hybridized carbons (Fsp3) is 0.450. The topological polar surface area (TPSA) is 23.6 Å². The maximum atomic E-state index is 12.5. The molecule has 126 valence electrons. The molecule has 4 rings (SSSR count). The van der Waals surface area contributed by atoms with Crippen molar-refractivity contribution in [2.75, 3.05) is 13.1 Å². The maximum absolute atomic E-state index is 12.5. The van der Waals surface area contributed by atoms with E-state index in [1.165, 1.54) is 11.1 Å². The van der Waals surface area contributed by atoms with Gasteiger partial charge in [-0.05, 0) is 47.2 Å². The average Bonchev–Trinajstić information content (AvgIpc) is 3.22. The van der Waals surface area contributed by atoms with E-state index in [1.807, 2.05) is 6.07 Å². The summed E-state index contributed by atoms with van der Waals surface area (Å²) < 4.78 is 0. The number of nitrogens with zero attached hydrogens (tertiary/aromatic N) is 2. The van der Waals surface area contributed by atoms with Gasteiger partial charge in [-0.15, -0.1) is 0 Å². The monoisotopic (exact) mass is 340 g/mol. The van der Waals surface area contributed by atoms with Crippen molar-refractivity contribution >= 4 is 17.2 Å². The molecule has 0 unspecified atom stereocenters. The molecule has 24 heavy (non-hydrogen) atoms. The molecule has 1 aromatic carbocycles. The molecule has 1 aromatic heterocycles. The molecule has 2 aromatic rings. The number of hydrogen-bond acceptors (Lipinski definition) is 3. The molecular weight excluding hydrogens is 316 g/mol. The molecule has 3 nitrogen and oxygen atoms in total. The summed E-state index contributed by atoms with van der Waals surface area (Å²) in [7, 11) is 0. The van der Waals surface area contributed by atoms with Crippen molar-refractivity contribution in [3.63, 3.8) is 0 Å². The zero-order valence-electron chi connectivity index (χ0n) is 14.0. The summed E-state index contributed by atoms with van der Waals surface area (Å²) in [4.78, 5) is 17.2. The van der Waals surface area contributed by atoms with Gasteiger partial charge in [0.1, 0.15) is 0 Å². The molecule has 2 fully saturated rings. The molecule has 0 atom stereocenters. The van der Waals surface area contributed by atoms with Gasteiger partial charge in [0.05, 0.1) is 0 Å². The van der Waals surface area contributed by atoms with Gasteiger partial charge in [0.25, 0.3) is 0 Å². The lowest BCUT2D eigenvalue weighted by atomic mass is 9.84. The van der Waals surface area contributed by atoms with E-state index in [2.05, 4.69) is 50.9 Å². The van der Waals surface area contributed by atoms with Crippen LogP contribution in [-0.4, -0.2) is 34.3 Å². The van der Waals surface area contributed by atoms with Gasteiger partial charge < -0.3 is 4.90 Å². The molecule has 0 radical (unpaired) electrons. The fourth-order valence-electron chi connectivity index (χ4n) is 4.18. The highest BCUT2D eigenvalue weighted by Gasteiger charge is 2.46.